The van der Waals surface area contributed by atoms with Crippen molar-refractivity contribution in [2.45, 2.75) is 18.3 Å². The van der Waals surface area contributed by atoms with E-state index in [-0.39, 0.29) is 25.2 Å². The second-order valence-electron chi connectivity index (χ2n) is 4.15. The van der Waals surface area contributed by atoms with Crippen LogP contribution in [0.15, 0.2) is 24.3 Å². The van der Waals surface area contributed by atoms with Crippen LogP contribution >= 0.6 is 0 Å². The van der Waals surface area contributed by atoms with Crippen LogP contribution in [0.3, 0.4) is 0 Å². The molecule has 1 atom stereocenters. The van der Waals surface area contributed by atoms with Crippen molar-refractivity contribution in [3.8, 4) is 0 Å². The number of aromatic carboxylic acids is 1. The Balaban J connectivity index is 2.43. The lowest BCUT2D eigenvalue weighted by atomic mass is 9.79. The van der Waals surface area contributed by atoms with E-state index >= 15 is 0 Å². The van der Waals surface area contributed by atoms with E-state index in [0.717, 1.165) is 0 Å². The van der Waals surface area contributed by atoms with Gasteiger partial charge in [-0.2, -0.15) is 0 Å². The molecular weight excluding hydrogens is 230 g/mol. The molecule has 0 aliphatic carbocycles. The number of carboxylic acids is 1. The van der Waals surface area contributed by atoms with Crippen molar-refractivity contribution in [2.75, 3.05) is 13.2 Å². The van der Waals surface area contributed by atoms with Gasteiger partial charge >= 0.3 is 5.97 Å². The second kappa shape index (κ2) is 4.41. The molecule has 0 amide bonds. The van der Waals surface area contributed by atoms with Crippen LogP contribution in [-0.4, -0.2) is 30.7 Å². The van der Waals surface area contributed by atoms with Gasteiger partial charge in [-0.25, -0.2) is 13.6 Å². The van der Waals surface area contributed by atoms with Crippen LogP contribution in [0.4, 0.5) is 8.78 Å². The summed E-state index contributed by atoms with van der Waals surface area (Å²) < 4.78 is 31.4. The zero-order valence-electron chi connectivity index (χ0n) is 9.03. The molecule has 0 radical (unpaired) electrons. The zero-order valence-corrected chi connectivity index (χ0v) is 9.03. The average Bonchev–Trinajstić information content (AvgIpc) is 2.79. The predicted molar refractivity (Wildman–Crippen MR) is 56.5 cm³/mol. The Hall–Kier alpha value is -1.49. The Morgan fingerprint density at radius 3 is 2.76 bits per heavy atom. The van der Waals surface area contributed by atoms with Gasteiger partial charge in [0.1, 0.15) is 0 Å². The van der Waals surface area contributed by atoms with E-state index in [4.69, 9.17) is 9.84 Å². The summed E-state index contributed by atoms with van der Waals surface area (Å²) >= 11 is 0. The van der Waals surface area contributed by atoms with Crippen LogP contribution in [0.5, 0.6) is 0 Å². The maximum Gasteiger partial charge on any atom is 0.335 e. The summed E-state index contributed by atoms with van der Waals surface area (Å²) in [5, 5.41) is 8.86. The Morgan fingerprint density at radius 2 is 2.24 bits per heavy atom. The minimum atomic E-state index is -2.56. The second-order valence-corrected chi connectivity index (χ2v) is 4.15. The van der Waals surface area contributed by atoms with Gasteiger partial charge in [0.05, 0.1) is 17.6 Å². The highest BCUT2D eigenvalue weighted by atomic mass is 19.3. The Bertz CT molecular complexity index is 426. The van der Waals surface area contributed by atoms with Gasteiger partial charge in [-0.1, -0.05) is 12.1 Å². The molecule has 1 N–H and O–H groups in total. The molecule has 0 saturated carbocycles. The van der Waals surface area contributed by atoms with Crippen LogP contribution in [0, 0.1) is 0 Å². The van der Waals surface area contributed by atoms with Crippen LogP contribution < -0.4 is 0 Å². The largest absolute Gasteiger partial charge is 0.478 e. The number of rotatable bonds is 3. The van der Waals surface area contributed by atoms with Gasteiger partial charge in [0.2, 0.25) is 6.43 Å². The molecule has 0 aromatic heterocycles. The number of benzene rings is 1. The van der Waals surface area contributed by atoms with Gasteiger partial charge in [-0.15, -0.1) is 0 Å². The van der Waals surface area contributed by atoms with Crippen molar-refractivity contribution < 1.29 is 23.4 Å². The van der Waals surface area contributed by atoms with Crippen LogP contribution in [0.1, 0.15) is 22.3 Å². The SMILES string of the molecule is O=C(O)c1cccc(C2(C(F)F)CCOC2)c1. The monoisotopic (exact) mass is 242 g/mol. The number of carboxylic acid groups (broad SMARTS) is 1. The molecule has 17 heavy (non-hydrogen) atoms. The minimum absolute atomic E-state index is 0.0226. The Labute approximate surface area is 97.0 Å². The fourth-order valence-corrected chi connectivity index (χ4v) is 2.07. The third kappa shape index (κ3) is 2.02. The first-order chi connectivity index (χ1) is 8.06. The number of hydrogen-bond acceptors (Lipinski definition) is 2. The van der Waals surface area contributed by atoms with Gasteiger partial charge in [-0.05, 0) is 24.1 Å². The highest BCUT2D eigenvalue weighted by Gasteiger charge is 2.45. The molecule has 0 spiro atoms. The number of carbonyl (C=O) groups is 1. The number of hydrogen-bond donors (Lipinski definition) is 1. The molecule has 3 nitrogen and oxygen atoms in total. The van der Waals surface area contributed by atoms with Crippen LogP contribution in [0.2, 0.25) is 0 Å². The van der Waals surface area contributed by atoms with Crippen molar-refractivity contribution in [1.29, 1.82) is 0 Å². The first-order valence-electron chi connectivity index (χ1n) is 5.26. The van der Waals surface area contributed by atoms with Crippen molar-refractivity contribution in [3.05, 3.63) is 35.4 Å². The quantitative estimate of drug-likeness (QED) is 0.884. The van der Waals surface area contributed by atoms with E-state index in [9.17, 15) is 13.6 Å². The summed E-state index contributed by atoms with van der Waals surface area (Å²) in [7, 11) is 0. The fourth-order valence-electron chi connectivity index (χ4n) is 2.07. The first-order valence-corrected chi connectivity index (χ1v) is 5.26. The highest BCUT2D eigenvalue weighted by molar-refractivity contribution is 5.87. The summed E-state index contributed by atoms with van der Waals surface area (Å²) in [5.74, 6) is -1.12. The number of halogens is 2. The molecule has 1 saturated heterocycles. The fraction of sp³-hybridized carbons (Fsp3) is 0.417. The molecule has 1 aromatic rings. The molecule has 0 bridgehead atoms. The Morgan fingerprint density at radius 1 is 1.47 bits per heavy atom. The zero-order chi connectivity index (χ0) is 12.5. The minimum Gasteiger partial charge on any atom is -0.478 e. The standard InChI is InChI=1S/C12H12F2O3/c13-11(14)12(4-5-17-7-12)9-3-1-2-8(6-9)10(15)16/h1-3,6,11H,4-5,7H2,(H,15,16). The van der Waals surface area contributed by atoms with E-state index in [1.54, 1.807) is 0 Å². The summed E-state index contributed by atoms with van der Waals surface area (Å²) in [6.07, 6.45) is -2.35. The number of ether oxygens (including phenoxy) is 1. The molecular formula is C12H12F2O3. The first kappa shape index (κ1) is 12.0. The molecule has 92 valence electrons. The van der Waals surface area contributed by atoms with Gasteiger partial charge in [0.25, 0.3) is 0 Å². The van der Waals surface area contributed by atoms with E-state index in [0.29, 0.717) is 5.56 Å². The molecule has 1 aliphatic heterocycles. The van der Waals surface area contributed by atoms with Crippen molar-refractivity contribution in [2.24, 2.45) is 0 Å². The predicted octanol–water partition coefficient (Wildman–Crippen LogP) is 2.31. The topological polar surface area (TPSA) is 46.5 Å². The molecule has 5 heteroatoms. The van der Waals surface area contributed by atoms with Gasteiger partial charge in [-0.3, -0.25) is 0 Å². The maximum absolute atomic E-state index is 13.2. The van der Waals surface area contributed by atoms with Crippen LogP contribution in [0.25, 0.3) is 0 Å². The molecule has 1 unspecified atom stereocenters. The third-order valence-corrected chi connectivity index (χ3v) is 3.15. The molecule has 1 aromatic carbocycles. The molecule has 1 aliphatic rings. The lowest BCUT2D eigenvalue weighted by molar-refractivity contribution is 0.0388. The van der Waals surface area contributed by atoms with E-state index < -0.39 is 17.8 Å². The lowest BCUT2D eigenvalue weighted by Crippen LogP contribution is -2.35. The maximum atomic E-state index is 13.2. The number of alkyl halides is 2. The highest BCUT2D eigenvalue weighted by Crippen LogP contribution is 2.39. The van der Waals surface area contributed by atoms with Gasteiger partial charge in [0, 0.05) is 6.61 Å². The van der Waals surface area contributed by atoms with Crippen molar-refractivity contribution in [1.82, 2.24) is 0 Å². The smallest absolute Gasteiger partial charge is 0.335 e. The van der Waals surface area contributed by atoms with E-state index in [1.165, 1.54) is 24.3 Å². The van der Waals surface area contributed by atoms with E-state index in [2.05, 4.69) is 0 Å². The van der Waals surface area contributed by atoms with Crippen molar-refractivity contribution in [3.63, 3.8) is 0 Å². The lowest BCUT2D eigenvalue weighted by Gasteiger charge is -2.27. The summed E-state index contributed by atoms with van der Waals surface area (Å²) in [6, 6.07) is 5.72. The summed E-state index contributed by atoms with van der Waals surface area (Å²) in [5.41, 5.74) is -0.995. The Kier molecular flexibility index (Phi) is 3.11. The third-order valence-electron chi connectivity index (χ3n) is 3.15. The summed E-state index contributed by atoms with van der Waals surface area (Å²) in [6.45, 7) is 0.218. The molecule has 2 rings (SSSR count). The average molecular weight is 242 g/mol. The van der Waals surface area contributed by atoms with Gasteiger partial charge < -0.3 is 9.84 Å². The van der Waals surface area contributed by atoms with Gasteiger partial charge in [0.15, 0.2) is 0 Å². The molecule has 1 heterocycles. The van der Waals surface area contributed by atoms with Crippen LogP contribution in [-0.2, 0) is 10.2 Å². The summed E-state index contributed by atoms with van der Waals surface area (Å²) in [4.78, 5) is 10.8. The normalized spacial score (nSPS) is 24.2. The van der Waals surface area contributed by atoms with E-state index in [1.807, 2.05) is 0 Å². The molecule has 1 fully saturated rings. The van der Waals surface area contributed by atoms with Crippen molar-refractivity contribution >= 4 is 5.97 Å².